The Bertz CT molecular complexity index is 342. The Labute approximate surface area is 90.5 Å². The van der Waals surface area contributed by atoms with Crippen LogP contribution in [0.4, 0.5) is 4.39 Å². The minimum atomic E-state index is -0.304. The van der Waals surface area contributed by atoms with E-state index in [1.807, 2.05) is 13.8 Å². The zero-order valence-electron chi connectivity index (χ0n) is 9.55. The average Bonchev–Trinajstić information content (AvgIpc) is 2.06. The zero-order valence-corrected chi connectivity index (χ0v) is 9.55. The molecule has 0 fully saturated rings. The van der Waals surface area contributed by atoms with E-state index in [4.69, 9.17) is 11.5 Å². The van der Waals surface area contributed by atoms with Crippen LogP contribution < -0.4 is 11.5 Å². The predicted molar refractivity (Wildman–Crippen MR) is 60.9 cm³/mol. The minimum absolute atomic E-state index is 0.135. The molecular weight excluding hydrogens is 191 g/mol. The third-order valence-electron chi connectivity index (χ3n) is 2.36. The van der Waals surface area contributed by atoms with Crippen LogP contribution in [0.2, 0.25) is 0 Å². The van der Waals surface area contributed by atoms with Gasteiger partial charge >= 0.3 is 0 Å². The molecule has 4 N–H and O–H groups in total. The van der Waals surface area contributed by atoms with Crippen LogP contribution in [-0.4, -0.2) is 5.54 Å². The molecule has 0 bridgehead atoms. The average molecular weight is 210 g/mol. The lowest BCUT2D eigenvalue weighted by Gasteiger charge is -2.23. The van der Waals surface area contributed by atoms with Crippen molar-refractivity contribution in [2.45, 2.75) is 38.8 Å². The highest BCUT2D eigenvalue weighted by molar-refractivity contribution is 5.26. The van der Waals surface area contributed by atoms with Crippen molar-refractivity contribution in [1.29, 1.82) is 0 Å². The van der Waals surface area contributed by atoms with Crippen molar-refractivity contribution in [2.75, 3.05) is 0 Å². The number of aryl methyl sites for hydroxylation is 1. The first-order valence-electron chi connectivity index (χ1n) is 5.10. The molecule has 0 radical (unpaired) electrons. The Morgan fingerprint density at radius 3 is 2.47 bits per heavy atom. The van der Waals surface area contributed by atoms with E-state index >= 15 is 0 Å². The van der Waals surface area contributed by atoms with Crippen LogP contribution in [0, 0.1) is 12.7 Å². The van der Waals surface area contributed by atoms with Gasteiger partial charge in [-0.1, -0.05) is 12.1 Å². The fourth-order valence-corrected chi connectivity index (χ4v) is 1.58. The fourth-order valence-electron chi connectivity index (χ4n) is 1.58. The first-order chi connectivity index (χ1) is 6.79. The summed E-state index contributed by atoms with van der Waals surface area (Å²) in [5.41, 5.74) is 13.1. The molecule has 3 heteroatoms. The normalized spacial score (nSPS) is 14.0. The van der Waals surface area contributed by atoms with E-state index in [1.54, 1.807) is 19.1 Å². The molecule has 84 valence electrons. The first kappa shape index (κ1) is 12.1. The van der Waals surface area contributed by atoms with Gasteiger partial charge in [-0.05, 0) is 44.4 Å². The first-order valence-corrected chi connectivity index (χ1v) is 5.10. The van der Waals surface area contributed by atoms with Crippen LogP contribution in [0.5, 0.6) is 0 Å². The molecular formula is C12H19FN2. The van der Waals surface area contributed by atoms with Gasteiger partial charge < -0.3 is 11.5 Å². The monoisotopic (exact) mass is 210 g/mol. The van der Waals surface area contributed by atoms with E-state index in [0.717, 1.165) is 5.56 Å². The number of benzene rings is 1. The van der Waals surface area contributed by atoms with E-state index in [1.165, 1.54) is 6.07 Å². The maximum Gasteiger partial charge on any atom is 0.126 e. The summed E-state index contributed by atoms with van der Waals surface area (Å²) in [4.78, 5) is 0. The number of halogens is 1. The van der Waals surface area contributed by atoms with E-state index in [0.29, 0.717) is 12.0 Å². The fraction of sp³-hybridized carbons (Fsp3) is 0.500. The lowest BCUT2D eigenvalue weighted by molar-refractivity contribution is 0.428. The van der Waals surface area contributed by atoms with Gasteiger partial charge in [0.25, 0.3) is 0 Å². The summed E-state index contributed by atoms with van der Waals surface area (Å²) in [7, 11) is 0. The molecule has 1 aromatic rings. The Morgan fingerprint density at radius 2 is 2.00 bits per heavy atom. The maximum atomic E-state index is 13.0. The van der Waals surface area contributed by atoms with Crippen molar-refractivity contribution >= 4 is 0 Å². The number of nitrogens with two attached hydrogens (primary N) is 2. The molecule has 1 rings (SSSR count). The topological polar surface area (TPSA) is 52.0 Å². The SMILES string of the molecule is Cc1cc(C(N)CC(C)(C)N)ccc1F. The lowest BCUT2D eigenvalue weighted by atomic mass is 9.92. The van der Waals surface area contributed by atoms with Gasteiger partial charge in [0.2, 0.25) is 0 Å². The molecule has 0 aliphatic rings. The van der Waals surface area contributed by atoms with Crippen molar-refractivity contribution in [3.8, 4) is 0 Å². The van der Waals surface area contributed by atoms with Crippen LogP contribution in [0.25, 0.3) is 0 Å². The molecule has 0 aromatic heterocycles. The zero-order chi connectivity index (χ0) is 11.6. The van der Waals surface area contributed by atoms with Crippen LogP contribution in [0.3, 0.4) is 0 Å². The van der Waals surface area contributed by atoms with E-state index < -0.39 is 0 Å². The summed E-state index contributed by atoms with van der Waals surface area (Å²) < 4.78 is 13.0. The van der Waals surface area contributed by atoms with Gasteiger partial charge in [0.05, 0.1) is 0 Å². The standard InChI is InChI=1S/C12H19FN2/c1-8-6-9(4-5-10(8)13)11(14)7-12(2,3)15/h4-6,11H,7,14-15H2,1-3H3. The quantitative estimate of drug-likeness (QED) is 0.804. The summed E-state index contributed by atoms with van der Waals surface area (Å²) in [6.45, 7) is 5.60. The molecule has 0 spiro atoms. The van der Waals surface area contributed by atoms with Gasteiger partial charge in [0.1, 0.15) is 5.82 Å². The second-order valence-corrected chi connectivity index (χ2v) is 4.81. The molecule has 1 atom stereocenters. The molecule has 15 heavy (non-hydrogen) atoms. The Kier molecular flexibility index (Phi) is 3.47. The van der Waals surface area contributed by atoms with Gasteiger partial charge in [0.15, 0.2) is 0 Å². The highest BCUT2D eigenvalue weighted by Gasteiger charge is 2.17. The van der Waals surface area contributed by atoms with Gasteiger partial charge in [-0.15, -0.1) is 0 Å². The van der Waals surface area contributed by atoms with Crippen molar-refractivity contribution in [3.05, 3.63) is 35.1 Å². The highest BCUT2D eigenvalue weighted by Crippen LogP contribution is 2.21. The summed E-state index contributed by atoms with van der Waals surface area (Å²) in [6.07, 6.45) is 0.679. The number of rotatable bonds is 3. The smallest absolute Gasteiger partial charge is 0.126 e. The van der Waals surface area contributed by atoms with Crippen molar-refractivity contribution in [3.63, 3.8) is 0 Å². The van der Waals surface area contributed by atoms with Crippen molar-refractivity contribution in [1.82, 2.24) is 0 Å². The Balaban J connectivity index is 2.83. The third kappa shape index (κ3) is 3.61. The molecule has 0 aliphatic heterocycles. The molecule has 0 aliphatic carbocycles. The Hall–Kier alpha value is -0.930. The molecule has 0 amide bonds. The molecule has 0 heterocycles. The van der Waals surface area contributed by atoms with Crippen LogP contribution in [0.15, 0.2) is 18.2 Å². The summed E-state index contributed by atoms with van der Waals surface area (Å²) >= 11 is 0. The largest absolute Gasteiger partial charge is 0.325 e. The van der Waals surface area contributed by atoms with Gasteiger partial charge in [-0.2, -0.15) is 0 Å². The van der Waals surface area contributed by atoms with E-state index in [-0.39, 0.29) is 17.4 Å². The Morgan fingerprint density at radius 1 is 1.40 bits per heavy atom. The summed E-state index contributed by atoms with van der Waals surface area (Å²) in [6, 6.07) is 4.82. The second kappa shape index (κ2) is 4.29. The summed E-state index contributed by atoms with van der Waals surface area (Å²) in [5.74, 6) is -0.196. The molecule has 0 saturated heterocycles. The van der Waals surface area contributed by atoms with Gasteiger partial charge in [-0.3, -0.25) is 0 Å². The summed E-state index contributed by atoms with van der Waals surface area (Å²) in [5, 5.41) is 0. The molecule has 2 nitrogen and oxygen atoms in total. The molecule has 0 saturated carbocycles. The predicted octanol–water partition coefficient (Wildman–Crippen LogP) is 2.26. The third-order valence-corrected chi connectivity index (χ3v) is 2.36. The molecule has 1 aromatic carbocycles. The number of hydrogen-bond acceptors (Lipinski definition) is 2. The second-order valence-electron chi connectivity index (χ2n) is 4.81. The minimum Gasteiger partial charge on any atom is -0.325 e. The number of hydrogen-bond donors (Lipinski definition) is 2. The van der Waals surface area contributed by atoms with Gasteiger partial charge in [-0.25, -0.2) is 4.39 Å². The van der Waals surface area contributed by atoms with Gasteiger partial charge in [0, 0.05) is 11.6 Å². The van der Waals surface area contributed by atoms with Crippen LogP contribution in [-0.2, 0) is 0 Å². The maximum absolute atomic E-state index is 13.0. The van der Waals surface area contributed by atoms with Crippen LogP contribution >= 0.6 is 0 Å². The lowest BCUT2D eigenvalue weighted by Crippen LogP contribution is -2.35. The molecule has 1 unspecified atom stereocenters. The van der Waals surface area contributed by atoms with Crippen molar-refractivity contribution < 1.29 is 4.39 Å². The van der Waals surface area contributed by atoms with Crippen LogP contribution in [0.1, 0.15) is 37.4 Å². The highest BCUT2D eigenvalue weighted by atomic mass is 19.1. The van der Waals surface area contributed by atoms with Crippen molar-refractivity contribution in [2.24, 2.45) is 11.5 Å². The van der Waals surface area contributed by atoms with E-state index in [2.05, 4.69) is 0 Å². The van der Waals surface area contributed by atoms with E-state index in [9.17, 15) is 4.39 Å².